The number of carbonyl (C=O) groups is 1. The summed E-state index contributed by atoms with van der Waals surface area (Å²) < 4.78 is 0.982. The summed E-state index contributed by atoms with van der Waals surface area (Å²) in [6.45, 7) is 5.10. The molecule has 0 aliphatic carbocycles. The molecule has 2 N–H and O–H groups in total. The van der Waals surface area contributed by atoms with Gasteiger partial charge in [0.05, 0.1) is 6.54 Å². The van der Waals surface area contributed by atoms with E-state index in [0.29, 0.717) is 6.54 Å². The zero-order chi connectivity index (χ0) is 12.0. The molecule has 1 aromatic rings. The average Bonchev–Trinajstić information content (AvgIpc) is 2.25. The Bertz CT molecular complexity index is 366. The van der Waals surface area contributed by atoms with Gasteiger partial charge < -0.3 is 10.6 Å². The molecule has 1 rings (SSSR count). The minimum atomic E-state index is 0.0225. The number of carbonyl (C=O) groups excluding carboxylic acids is 1. The quantitative estimate of drug-likeness (QED) is 0.873. The number of hydrogen-bond donors (Lipinski definition) is 2. The van der Waals surface area contributed by atoms with E-state index in [1.165, 1.54) is 5.56 Å². The summed E-state index contributed by atoms with van der Waals surface area (Å²) in [6.07, 6.45) is 0.958. The van der Waals surface area contributed by atoms with Crippen LogP contribution in [0.2, 0.25) is 0 Å². The molecule has 0 saturated carbocycles. The van der Waals surface area contributed by atoms with E-state index in [2.05, 4.69) is 26.6 Å². The summed E-state index contributed by atoms with van der Waals surface area (Å²) in [5, 5.41) is 5.91. The Morgan fingerprint density at radius 1 is 1.44 bits per heavy atom. The van der Waals surface area contributed by atoms with Crippen molar-refractivity contribution in [1.82, 2.24) is 5.32 Å². The lowest BCUT2D eigenvalue weighted by Crippen LogP contribution is -2.30. The Hall–Kier alpha value is -1.03. The lowest BCUT2D eigenvalue weighted by atomic mass is 10.2. The van der Waals surface area contributed by atoms with Crippen molar-refractivity contribution >= 4 is 27.5 Å². The van der Waals surface area contributed by atoms with Gasteiger partial charge in [0.15, 0.2) is 0 Å². The van der Waals surface area contributed by atoms with Crippen LogP contribution < -0.4 is 10.6 Å². The van der Waals surface area contributed by atoms with E-state index >= 15 is 0 Å². The van der Waals surface area contributed by atoms with E-state index in [0.717, 1.165) is 23.1 Å². The highest BCUT2D eigenvalue weighted by atomic mass is 79.9. The highest BCUT2D eigenvalue weighted by Gasteiger charge is 2.02. The van der Waals surface area contributed by atoms with Crippen molar-refractivity contribution < 1.29 is 4.79 Å². The van der Waals surface area contributed by atoms with Gasteiger partial charge in [0, 0.05) is 16.7 Å². The van der Waals surface area contributed by atoms with Crippen LogP contribution in [0.3, 0.4) is 0 Å². The summed E-state index contributed by atoms with van der Waals surface area (Å²) in [5.41, 5.74) is 2.13. The standard InChI is InChI=1S/C12H17BrN2O/c1-3-6-14-12(16)8-15-11-5-4-9(2)7-10(11)13/h4-5,7,15H,3,6,8H2,1-2H3,(H,14,16). The van der Waals surface area contributed by atoms with Gasteiger partial charge in [0.1, 0.15) is 0 Å². The molecule has 4 heteroatoms. The van der Waals surface area contributed by atoms with Gasteiger partial charge in [-0.25, -0.2) is 0 Å². The van der Waals surface area contributed by atoms with Gasteiger partial charge in [0.2, 0.25) is 5.91 Å². The molecule has 16 heavy (non-hydrogen) atoms. The third kappa shape index (κ3) is 4.23. The van der Waals surface area contributed by atoms with Crippen LogP contribution in [0.1, 0.15) is 18.9 Å². The Morgan fingerprint density at radius 3 is 2.81 bits per heavy atom. The maximum atomic E-state index is 11.4. The number of rotatable bonds is 5. The van der Waals surface area contributed by atoms with E-state index in [1.54, 1.807) is 0 Å². The Balaban J connectivity index is 2.45. The van der Waals surface area contributed by atoms with Gasteiger partial charge in [-0.15, -0.1) is 0 Å². The van der Waals surface area contributed by atoms with Crippen LogP contribution in [0.25, 0.3) is 0 Å². The zero-order valence-electron chi connectivity index (χ0n) is 9.64. The lowest BCUT2D eigenvalue weighted by Gasteiger charge is -2.09. The summed E-state index contributed by atoms with van der Waals surface area (Å²) >= 11 is 3.46. The van der Waals surface area contributed by atoms with Crippen molar-refractivity contribution in [3.8, 4) is 0 Å². The number of hydrogen-bond acceptors (Lipinski definition) is 2. The first-order valence-electron chi connectivity index (χ1n) is 5.40. The molecule has 1 aromatic carbocycles. The average molecular weight is 285 g/mol. The van der Waals surface area contributed by atoms with E-state index in [1.807, 2.05) is 32.0 Å². The van der Waals surface area contributed by atoms with Crippen molar-refractivity contribution in [2.45, 2.75) is 20.3 Å². The molecule has 0 aliphatic rings. The monoisotopic (exact) mass is 284 g/mol. The van der Waals surface area contributed by atoms with Crippen molar-refractivity contribution in [3.05, 3.63) is 28.2 Å². The molecular formula is C12H17BrN2O. The SMILES string of the molecule is CCCNC(=O)CNc1ccc(C)cc1Br. The predicted octanol–water partition coefficient (Wildman–Crippen LogP) is 2.70. The molecule has 0 unspecified atom stereocenters. The first kappa shape index (κ1) is 13.0. The molecule has 0 atom stereocenters. The molecule has 88 valence electrons. The number of amides is 1. The molecule has 3 nitrogen and oxygen atoms in total. The van der Waals surface area contributed by atoms with E-state index in [9.17, 15) is 4.79 Å². The fraction of sp³-hybridized carbons (Fsp3) is 0.417. The second-order valence-electron chi connectivity index (χ2n) is 3.69. The van der Waals surface area contributed by atoms with Gasteiger partial charge in [-0.3, -0.25) is 4.79 Å². The van der Waals surface area contributed by atoms with E-state index < -0.39 is 0 Å². The van der Waals surface area contributed by atoms with Crippen LogP contribution in [0.15, 0.2) is 22.7 Å². The van der Waals surface area contributed by atoms with Crippen molar-refractivity contribution in [2.24, 2.45) is 0 Å². The molecule has 0 saturated heterocycles. The Labute approximate surface area is 105 Å². The summed E-state index contributed by atoms with van der Waals surface area (Å²) in [6, 6.07) is 6.00. The molecule has 0 aliphatic heterocycles. The highest BCUT2D eigenvalue weighted by Crippen LogP contribution is 2.22. The third-order valence-corrected chi connectivity index (χ3v) is 2.79. The van der Waals surface area contributed by atoms with Gasteiger partial charge >= 0.3 is 0 Å². The summed E-state index contributed by atoms with van der Waals surface area (Å²) in [5.74, 6) is 0.0225. The number of benzene rings is 1. The summed E-state index contributed by atoms with van der Waals surface area (Å²) in [7, 11) is 0. The first-order valence-corrected chi connectivity index (χ1v) is 6.19. The van der Waals surface area contributed by atoms with Crippen LogP contribution in [0.5, 0.6) is 0 Å². The molecule has 0 fully saturated rings. The fourth-order valence-corrected chi connectivity index (χ4v) is 1.90. The number of anilines is 1. The van der Waals surface area contributed by atoms with Crippen molar-refractivity contribution in [2.75, 3.05) is 18.4 Å². The Kier molecular flexibility index (Phi) is 5.32. The maximum absolute atomic E-state index is 11.4. The third-order valence-electron chi connectivity index (χ3n) is 2.14. The molecular weight excluding hydrogens is 268 g/mol. The molecule has 0 bridgehead atoms. The minimum Gasteiger partial charge on any atom is -0.375 e. The topological polar surface area (TPSA) is 41.1 Å². The molecule has 0 heterocycles. The highest BCUT2D eigenvalue weighted by molar-refractivity contribution is 9.10. The minimum absolute atomic E-state index is 0.0225. The molecule has 0 aromatic heterocycles. The normalized spacial score (nSPS) is 9.94. The number of aryl methyl sites for hydroxylation is 1. The molecule has 0 radical (unpaired) electrons. The second kappa shape index (κ2) is 6.53. The first-order chi connectivity index (χ1) is 7.63. The van der Waals surface area contributed by atoms with Gasteiger partial charge in [0.25, 0.3) is 0 Å². The fourth-order valence-electron chi connectivity index (χ4n) is 1.27. The van der Waals surface area contributed by atoms with Gasteiger partial charge in [-0.1, -0.05) is 13.0 Å². The second-order valence-corrected chi connectivity index (χ2v) is 4.54. The van der Waals surface area contributed by atoms with Crippen LogP contribution >= 0.6 is 15.9 Å². The van der Waals surface area contributed by atoms with Gasteiger partial charge in [-0.05, 0) is 47.0 Å². The van der Waals surface area contributed by atoms with Crippen LogP contribution in [0.4, 0.5) is 5.69 Å². The van der Waals surface area contributed by atoms with Gasteiger partial charge in [-0.2, -0.15) is 0 Å². The van der Waals surface area contributed by atoms with E-state index in [4.69, 9.17) is 0 Å². The Morgan fingerprint density at radius 2 is 2.19 bits per heavy atom. The lowest BCUT2D eigenvalue weighted by molar-refractivity contribution is -0.119. The smallest absolute Gasteiger partial charge is 0.239 e. The van der Waals surface area contributed by atoms with Crippen LogP contribution in [0, 0.1) is 6.92 Å². The van der Waals surface area contributed by atoms with Crippen molar-refractivity contribution in [3.63, 3.8) is 0 Å². The number of halogens is 1. The van der Waals surface area contributed by atoms with Crippen LogP contribution in [-0.4, -0.2) is 19.0 Å². The molecule has 0 spiro atoms. The predicted molar refractivity (Wildman–Crippen MR) is 70.7 cm³/mol. The van der Waals surface area contributed by atoms with E-state index in [-0.39, 0.29) is 5.91 Å². The van der Waals surface area contributed by atoms with Crippen molar-refractivity contribution in [1.29, 1.82) is 0 Å². The number of nitrogens with one attached hydrogen (secondary N) is 2. The summed E-state index contributed by atoms with van der Waals surface area (Å²) in [4.78, 5) is 11.4. The zero-order valence-corrected chi connectivity index (χ0v) is 11.2. The maximum Gasteiger partial charge on any atom is 0.239 e. The van der Waals surface area contributed by atoms with Crippen LogP contribution in [-0.2, 0) is 4.79 Å². The largest absolute Gasteiger partial charge is 0.375 e. The molecule has 1 amide bonds.